The Balaban J connectivity index is 2.68. The summed E-state index contributed by atoms with van der Waals surface area (Å²) in [7, 11) is 0. The fourth-order valence-corrected chi connectivity index (χ4v) is 1.30. The summed E-state index contributed by atoms with van der Waals surface area (Å²) in [6.45, 7) is 4.97. The second-order valence-electron chi connectivity index (χ2n) is 5.32. The number of rotatable bonds is 4. The highest BCUT2D eigenvalue weighted by Gasteiger charge is 2.22. The fraction of sp³-hybridized carbons (Fsp3) is 0.357. The van der Waals surface area contributed by atoms with Gasteiger partial charge >= 0.3 is 12.0 Å². The van der Waals surface area contributed by atoms with E-state index in [9.17, 15) is 14.4 Å². The number of amides is 2. The lowest BCUT2D eigenvalue weighted by Crippen LogP contribution is -2.26. The molecule has 0 radical (unpaired) electrons. The zero-order chi connectivity index (χ0) is 15.3. The van der Waals surface area contributed by atoms with Crippen LogP contribution in [-0.2, 0) is 9.53 Å². The van der Waals surface area contributed by atoms with Crippen LogP contribution in [0.2, 0.25) is 0 Å². The van der Waals surface area contributed by atoms with E-state index in [1.54, 1.807) is 32.9 Å². The first-order valence-corrected chi connectivity index (χ1v) is 6.07. The van der Waals surface area contributed by atoms with E-state index in [2.05, 4.69) is 5.32 Å². The summed E-state index contributed by atoms with van der Waals surface area (Å²) in [5, 5.41) is 2.35. The van der Waals surface area contributed by atoms with Crippen LogP contribution in [0.4, 0.5) is 10.5 Å². The van der Waals surface area contributed by atoms with E-state index in [-0.39, 0.29) is 18.0 Å². The standard InChI is InChI=1S/C14H18N2O4/c1-14(2,3)11(17)8-20-12(18)9-5-4-6-10(7-9)16-13(15)19/h4-7H,8H2,1-3H3,(H3,15,16,19). The van der Waals surface area contributed by atoms with Crippen molar-refractivity contribution in [3.63, 3.8) is 0 Å². The molecule has 0 fully saturated rings. The molecule has 1 aromatic rings. The summed E-state index contributed by atoms with van der Waals surface area (Å²) in [4.78, 5) is 34.2. The Bertz CT molecular complexity index is 532. The van der Waals surface area contributed by atoms with Gasteiger partial charge in [0.2, 0.25) is 0 Å². The molecule has 6 heteroatoms. The number of esters is 1. The lowest BCUT2D eigenvalue weighted by atomic mass is 9.91. The third-order valence-corrected chi connectivity index (χ3v) is 2.54. The first-order chi connectivity index (χ1) is 9.20. The number of Topliss-reactive ketones (excluding diaryl/α,β-unsaturated/α-hetero) is 1. The maximum atomic E-state index is 11.8. The quantitative estimate of drug-likeness (QED) is 0.822. The molecule has 0 aliphatic rings. The number of anilines is 1. The van der Waals surface area contributed by atoms with E-state index in [4.69, 9.17) is 10.5 Å². The van der Waals surface area contributed by atoms with E-state index in [0.717, 1.165) is 0 Å². The summed E-state index contributed by atoms with van der Waals surface area (Å²) in [6, 6.07) is 5.39. The number of ketones is 1. The highest BCUT2D eigenvalue weighted by molar-refractivity contribution is 5.95. The molecule has 20 heavy (non-hydrogen) atoms. The van der Waals surface area contributed by atoms with E-state index in [0.29, 0.717) is 5.69 Å². The smallest absolute Gasteiger partial charge is 0.338 e. The van der Waals surface area contributed by atoms with Crippen LogP contribution in [0.3, 0.4) is 0 Å². The van der Waals surface area contributed by atoms with E-state index in [1.807, 2.05) is 0 Å². The minimum Gasteiger partial charge on any atom is -0.454 e. The molecular formula is C14H18N2O4. The van der Waals surface area contributed by atoms with Crippen LogP contribution >= 0.6 is 0 Å². The summed E-state index contributed by atoms with van der Waals surface area (Å²) >= 11 is 0. The monoisotopic (exact) mass is 278 g/mol. The molecule has 0 atom stereocenters. The van der Waals surface area contributed by atoms with Gasteiger partial charge in [-0.15, -0.1) is 0 Å². The summed E-state index contributed by atoms with van der Waals surface area (Å²) in [6.07, 6.45) is 0. The summed E-state index contributed by atoms with van der Waals surface area (Å²) < 4.78 is 4.94. The van der Waals surface area contributed by atoms with Crippen LogP contribution in [0.15, 0.2) is 24.3 Å². The fourth-order valence-electron chi connectivity index (χ4n) is 1.30. The average molecular weight is 278 g/mol. The molecule has 0 unspecified atom stereocenters. The second kappa shape index (κ2) is 6.18. The predicted molar refractivity (Wildman–Crippen MR) is 74.4 cm³/mol. The largest absolute Gasteiger partial charge is 0.454 e. The van der Waals surface area contributed by atoms with Crippen LogP contribution in [0.5, 0.6) is 0 Å². The van der Waals surface area contributed by atoms with Crippen molar-refractivity contribution >= 4 is 23.5 Å². The molecule has 0 saturated heterocycles. The van der Waals surface area contributed by atoms with Crippen molar-refractivity contribution in [3.8, 4) is 0 Å². The molecular weight excluding hydrogens is 260 g/mol. The number of primary amides is 1. The first-order valence-electron chi connectivity index (χ1n) is 6.07. The first kappa shape index (κ1) is 15.7. The van der Waals surface area contributed by atoms with Crippen LogP contribution in [0, 0.1) is 5.41 Å². The molecule has 0 saturated carbocycles. The molecule has 0 heterocycles. The van der Waals surface area contributed by atoms with Gasteiger partial charge in [0.15, 0.2) is 12.4 Å². The summed E-state index contributed by atoms with van der Waals surface area (Å²) in [5.41, 5.74) is 5.04. The van der Waals surface area contributed by atoms with Crippen molar-refractivity contribution < 1.29 is 19.1 Å². The Morgan fingerprint density at radius 2 is 1.90 bits per heavy atom. The number of ether oxygens (including phenoxy) is 1. The molecule has 0 aromatic heterocycles. The molecule has 0 bridgehead atoms. The topological polar surface area (TPSA) is 98.5 Å². The molecule has 3 N–H and O–H groups in total. The normalized spacial score (nSPS) is 10.8. The zero-order valence-electron chi connectivity index (χ0n) is 11.7. The zero-order valence-corrected chi connectivity index (χ0v) is 11.7. The van der Waals surface area contributed by atoms with Gasteiger partial charge in [-0.2, -0.15) is 0 Å². The Hall–Kier alpha value is -2.37. The van der Waals surface area contributed by atoms with Gasteiger partial charge in [-0.25, -0.2) is 9.59 Å². The van der Waals surface area contributed by atoms with E-state index >= 15 is 0 Å². The average Bonchev–Trinajstić information content (AvgIpc) is 2.33. The van der Waals surface area contributed by atoms with Gasteiger partial charge in [0.1, 0.15) is 0 Å². The van der Waals surface area contributed by atoms with Gasteiger partial charge in [-0.3, -0.25) is 4.79 Å². The minimum absolute atomic E-state index is 0.169. The molecule has 0 aliphatic carbocycles. The van der Waals surface area contributed by atoms with Crippen LogP contribution < -0.4 is 11.1 Å². The van der Waals surface area contributed by atoms with Crippen molar-refractivity contribution in [2.45, 2.75) is 20.8 Å². The van der Waals surface area contributed by atoms with Crippen molar-refractivity contribution in [2.75, 3.05) is 11.9 Å². The lowest BCUT2D eigenvalue weighted by Gasteiger charge is -2.16. The number of urea groups is 1. The maximum absolute atomic E-state index is 11.8. The molecule has 108 valence electrons. The van der Waals surface area contributed by atoms with Gasteiger partial charge in [-0.05, 0) is 18.2 Å². The number of nitrogens with two attached hydrogens (primary N) is 1. The molecule has 0 aliphatic heterocycles. The van der Waals surface area contributed by atoms with Gasteiger partial charge < -0.3 is 15.8 Å². The highest BCUT2D eigenvalue weighted by atomic mass is 16.5. The number of carbonyl (C=O) groups excluding carboxylic acids is 3. The second-order valence-corrected chi connectivity index (χ2v) is 5.32. The van der Waals surface area contributed by atoms with Crippen LogP contribution in [-0.4, -0.2) is 24.4 Å². The van der Waals surface area contributed by atoms with Crippen molar-refractivity contribution in [2.24, 2.45) is 11.1 Å². The molecule has 1 rings (SSSR count). The number of carbonyl (C=O) groups is 3. The van der Waals surface area contributed by atoms with Crippen molar-refractivity contribution in [3.05, 3.63) is 29.8 Å². The van der Waals surface area contributed by atoms with Crippen LogP contribution in [0.1, 0.15) is 31.1 Å². The molecule has 2 amide bonds. The highest BCUT2D eigenvalue weighted by Crippen LogP contribution is 2.16. The lowest BCUT2D eigenvalue weighted by molar-refractivity contribution is -0.129. The van der Waals surface area contributed by atoms with Crippen molar-refractivity contribution in [1.29, 1.82) is 0 Å². The Labute approximate surface area is 117 Å². The van der Waals surface area contributed by atoms with Gasteiger partial charge in [0.25, 0.3) is 0 Å². The van der Waals surface area contributed by atoms with Gasteiger partial charge in [0, 0.05) is 11.1 Å². The number of hydrogen-bond donors (Lipinski definition) is 2. The maximum Gasteiger partial charge on any atom is 0.338 e. The Kier molecular flexibility index (Phi) is 4.85. The minimum atomic E-state index is -0.724. The predicted octanol–water partition coefficient (Wildman–Crippen LogP) is 1.95. The van der Waals surface area contributed by atoms with E-state index < -0.39 is 17.4 Å². The van der Waals surface area contributed by atoms with E-state index in [1.165, 1.54) is 12.1 Å². The van der Waals surface area contributed by atoms with Crippen LogP contribution in [0.25, 0.3) is 0 Å². The number of nitrogens with one attached hydrogen (secondary N) is 1. The molecule has 1 aromatic carbocycles. The van der Waals surface area contributed by atoms with Crippen molar-refractivity contribution in [1.82, 2.24) is 0 Å². The third kappa shape index (κ3) is 4.72. The van der Waals surface area contributed by atoms with Gasteiger partial charge in [0.05, 0.1) is 5.56 Å². The molecule has 0 spiro atoms. The number of benzene rings is 1. The Morgan fingerprint density at radius 1 is 1.25 bits per heavy atom. The molecule has 6 nitrogen and oxygen atoms in total. The Morgan fingerprint density at radius 3 is 2.45 bits per heavy atom. The number of hydrogen-bond acceptors (Lipinski definition) is 4. The SMILES string of the molecule is CC(C)(C)C(=O)COC(=O)c1cccc(NC(N)=O)c1. The summed E-state index contributed by atoms with van der Waals surface area (Å²) in [5.74, 6) is -0.798. The third-order valence-electron chi connectivity index (χ3n) is 2.54. The van der Waals surface area contributed by atoms with Gasteiger partial charge in [-0.1, -0.05) is 26.8 Å².